The summed E-state index contributed by atoms with van der Waals surface area (Å²) in [6.07, 6.45) is 2.37. The minimum Gasteiger partial charge on any atom is -0.310 e. The van der Waals surface area contributed by atoms with Gasteiger partial charge in [-0.3, -0.25) is 0 Å². The maximum Gasteiger partial charge on any atom is 0.0543 e. The zero-order chi connectivity index (χ0) is 42.4. The Hall–Kier alpha value is -6.70. The average Bonchev–Trinajstić information content (AvgIpc) is 3.53. The van der Waals surface area contributed by atoms with Crippen molar-refractivity contribution < 1.29 is 0 Å². The minimum atomic E-state index is -0.162. The predicted octanol–water partition coefficient (Wildman–Crippen LogP) is 17.1. The molecule has 1 heteroatoms. The summed E-state index contributed by atoms with van der Waals surface area (Å²) in [7, 11) is 0. The normalized spacial score (nSPS) is 15.5. The summed E-state index contributed by atoms with van der Waals surface area (Å²) < 4.78 is 0. The quantitative estimate of drug-likeness (QED) is 0.151. The number of rotatable bonds is 6. The van der Waals surface area contributed by atoms with Crippen LogP contribution in [0.2, 0.25) is 0 Å². The molecule has 0 fully saturated rings. The number of hydrogen-bond acceptors (Lipinski definition) is 1. The van der Waals surface area contributed by atoms with Gasteiger partial charge in [0.1, 0.15) is 0 Å². The van der Waals surface area contributed by atoms with Crippen molar-refractivity contribution in [2.24, 2.45) is 0 Å². The van der Waals surface area contributed by atoms with Crippen LogP contribution in [0.4, 0.5) is 17.1 Å². The topological polar surface area (TPSA) is 3.24 Å². The molecular weight excluding hydrogens is 747 g/mol. The highest BCUT2D eigenvalue weighted by atomic mass is 15.1. The second-order valence-corrected chi connectivity index (χ2v) is 19.6. The Balaban J connectivity index is 1.15. The maximum atomic E-state index is 2.54. The zero-order valence-electron chi connectivity index (χ0n) is 36.8. The van der Waals surface area contributed by atoms with Gasteiger partial charge in [0.25, 0.3) is 0 Å². The third-order valence-corrected chi connectivity index (χ3v) is 14.5. The van der Waals surface area contributed by atoms with E-state index in [0.717, 1.165) is 11.4 Å². The van der Waals surface area contributed by atoms with Gasteiger partial charge in [-0.15, -0.1) is 0 Å². The molecule has 302 valence electrons. The molecule has 0 bridgehead atoms. The molecule has 0 amide bonds. The van der Waals surface area contributed by atoms with Crippen LogP contribution in [0.1, 0.15) is 76.6 Å². The van der Waals surface area contributed by atoms with E-state index in [1.165, 1.54) is 107 Å². The summed E-state index contributed by atoms with van der Waals surface area (Å²) >= 11 is 0. The van der Waals surface area contributed by atoms with Gasteiger partial charge in [-0.1, -0.05) is 187 Å². The lowest BCUT2D eigenvalue weighted by atomic mass is 9.63. The Labute approximate surface area is 367 Å². The fourth-order valence-corrected chi connectivity index (χ4v) is 10.9. The SMILES string of the molecule is CC1(C)CCC(C)(C)c2cc(-c3cc4c(cc3N(c3ccc(-c5ccccc5)cc3)c3ccc(-c5cc6ccccc6c6ccccc56)cc3)C(C)(C)c3ccccc3-4)ccc21. The molecule has 0 aromatic heterocycles. The summed E-state index contributed by atoms with van der Waals surface area (Å²) in [6, 6.07) is 70.6. The maximum absolute atomic E-state index is 2.54. The van der Waals surface area contributed by atoms with Crippen molar-refractivity contribution in [3.63, 3.8) is 0 Å². The summed E-state index contributed by atoms with van der Waals surface area (Å²) in [6.45, 7) is 14.5. The Bertz CT molecular complexity index is 3180. The molecular formula is C61H53N. The van der Waals surface area contributed by atoms with Crippen molar-refractivity contribution in [3.05, 3.63) is 210 Å². The average molecular weight is 800 g/mol. The zero-order valence-corrected chi connectivity index (χ0v) is 36.8. The first-order chi connectivity index (χ1) is 30.0. The lowest BCUT2D eigenvalue weighted by Gasteiger charge is -2.42. The van der Waals surface area contributed by atoms with Crippen LogP contribution < -0.4 is 4.90 Å². The minimum absolute atomic E-state index is 0.0854. The first kappa shape index (κ1) is 38.2. The second-order valence-electron chi connectivity index (χ2n) is 19.6. The van der Waals surface area contributed by atoms with Crippen molar-refractivity contribution in [1.29, 1.82) is 0 Å². The molecule has 2 aliphatic carbocycles. The number of fused-ring (bicyclic) bond motifs is 7. The van der Waals surface area contributed by atoms with E-state index >= 15 is 0 Å². The van der Waals surface area contributed by atoms with Crippen molar-refractivity contribution in [1.82, 2.24) is 0 Å². The van der Waals surface area contributed by atoms with E-state index in [9.17, 15) is 0 Å². The molecule has 0 heterocycles. The standard InChI is InChI=1S/C61H53N/c1-59(2)34-35-60(3,4)57-37-44(28-33-55(57)59)52-38-53-50-22-14-15-23-54(50)61(5,6)56(53)39-58(52)62(45-29-24-41(25-30-45)40-16-8-7-9-17-40)46-31-26-42(27-32-46)51-36-43-18-10-11-19-47(43)48-20-12-13-21-49(48)51/h7-33,36-39H,34-35H2,1-6H3. The van der Waals surface area contributed by atoms with Gasteiger partial charge in [0.2, 0.25) is 0 Å². The van der Waals surface area contributed by atoms with Gasteiger partial charge in [0.05, 0.1) is 5.69 Å². The van der Waals surface area contributed by atoms with Crippen LogP contribution in [0.15, 0.2) is 188 Å². The molecule has 11 rings (SSSR count). The Kier molecular flexibility index (Phi) is 8.75. The van der Waals surface area contributed by atoms with Crippen LogP contribution in [-0.2, 0) is 16.2 Å². The third-order valence-electron chi connectivity index (χ3n) is 14.5. The third kappa shape index (κ3) is 6.12. The van der Waals surface area contributed by atoms with Gasteiger partial charge >= 0.3 is 0 Å². The Morgan fingerprint density at radius 1 is 0.339 bits per heavy atom. The number of hydrogen-bond donors (Lipinski definition) is 0. The molecule has 0 unspecified atom stereocenters. The molecule has 0 radical (unpaired) electrons. The van der Waals surface area contributed by atoms with Crippen LogP contribution in [0.5, 0.6) is 0 Å². The van der Waals surface area contributed by atoms with Crippen molar-refractivity contribution in [2.75, 3.05) is 4.90 Å². The highest BCUT2D eigenvalue weighted by Gasteiger charge is 2.39. The fourth-order valence-electron chi connectivity index (χ4n) is 10.9. The van der Waals surface area contributed by atoms with Gasteiger partial charge in [-0.25, -0.2) is 0 Å². The summed E-state index contributed by atoms with van der Waals surface area (Å²) in [5, 5.41) is 5.10. The van der Waals surface area contributed by atoms with E-state index < -0.39 is 0 Å². The van der Waals surface area contributed by atoms with Gasteiger partial charge in [0.15, 0.2) is 0 Å². The summed E-state index contributed by atoms with van der Waals surface area (Å²) in [5.41, 5.74) is 19.3. The molecule has 0 saturated carbocycles. The fraction of sp³-hybridized carbons (Fsp3) is 0.180. The van der Waals surface area contributed by atoms with Crippen LogP contribution in [0, 0.1) is 0 Å². The molecule has 9 aromatic carbocycles. The van der Waals surface area contributed by atoms with E-state index in [1.54, 1.807) is 0 Å². The summed E-state index contributed by atoms with van der Waals surface area (Å²) in [5.74, 6) is 0. The number of anilines is 3. The first-order valence-corrected chi connectivity index (χ1v) is 22.4. The highest BCUT2D eigenvalue weighted by Crippen LogP contribution is 2.55. The highest BCUT2D eigenvalue weighted by molar-refractivity contribution is 6.13. The molecule has 0 aliphatic heterocycles. The van der Waals surface area contributed by atoms with Gasteiger partial charge in [-0.05, 0) is 149 Å². The van der Waals surface area contributed by atoms with E-state index in [1.807, 2.05) is 0 Å². The lowest BCUT2D eigenvalue weighted by Crippen LogP contribution is -2.33. The predicted molar refractivity (Wildman–Crippen MR) is 265 cm³/mol. The van der Waals surface area contributed by atoms with Crippen LogP contribution >= 0.6 is 0 Å². The molecule has 62 heavy (non-hydrogen) atoms. The van der Waals surface area contributed by atoms with E-state index in [0.29, 0.717) is 0 Å². The second kappa shape index (κ2) is 14.2. The molecule has 0 N–H and O–H groups in total. The number of nitrogens with zero attached hydrogens (tertiary/aromatic N) is 1. The van der Waals surface area contributed by atoms with Gasteiger partial charge in [0, 0.05) is 22.4 Å². The Morgan fingerprint density at radius 2 is 0.903 bits per heavy atom. The largest absolute Gasteiger partial charge is 0.310 e. The van der Waals surface area contributed by atoms with Crippen LogP contribution in [0.3, 0.4) is 0 Å². The van der Waals surface area contributed by atoms with Crippen molar-refractivity contribution in [2.45, 2.75) is 70.6 Å². The van der Waals surface area contributed by atoms with Gasteiger partial charge in [-0.2, -0.15) is 0 Å². The van der Waals surface area contributed by atoms with Crippen LogP contribution in [0.25, 0.3) is 66.1 Å². The monoisotopic (exact) mass is 799 g/mol. The smallest absolute Gasteiger partial charge is 0.0543 e. The molecule has 0 atom stereocenters. The van der Waals surface area contributed by atoms with Crippen molar-refractivity contribution in [3.8, 4) is 44.5 Å². The van der Waals surface area contributed by atoms with Crippen molar-refractivity contribution >= 4 is 38.6 Å². The lowest BCUT2D eigenvalue weighted by molar-refractivity contribution is 0.332. The molecule has 0 spiro atoms. The van der Waals surface area contributed by atoms with Crippen LogP contribution in [-0.4, -0.2) is 0 Å². The van der Waals surface area contributed by atoms with E-state index in [-0.39, 0.29) is 16.2 Å². The first-order valence-electron chi connectivity index (χ1n) is 22.4. The molecule has 9 aromatic rings. The molecule has 1 nitrogen and oxygen atoms in total. The Morgan fingerprint density at radius 3 is 1.63 bits per heavy atom. The molecule has 2 aliphatic rings. The van der Waals surface area contributed by atoms with Gasteiger partial charge < -0.3 is 4.90 Å². The molecule has 0 saturated heterocycles. The number of benzene rings is 9. The summed E-state index contributed by atoms with van der Waals surface area (Å²) in [4.78, 5) is 2.51. The van der Waals surface area contributed by atoms with E-state index in [4.69, 9.17) is 0 Å². The van der Waals surface area contributed by atoms with E-state index in [2.05, 4.69) is 234 Å².